The lowest BCUT2D eigenvalue weighted by molar-refractivity contribution is 0.385. The first-order chi connectivity index (χ1) is 4.25. The SMILES string of the molecule is CCc1[nH]oc(=O)c1C. The smallest absolute Gasteiger partial charge is 0.339 e. The molecule has 3 nitrogen and oxygen atoms in total. The Labute approximate surface area is 52.7 Å². The third-order valence-corrected chi connectivity index (χ3v) is 1.38. The lowest BCUT2D eigenvalue weighted by atomic mass is 10.2. The molecule has 0 aliphatic rings. The third kappa shape index (κ3) is 0.896. The van der Waals surface area contributed by atoms with Crippen molar-refractivity contribution in [2.45, 2.75) is 20.3 Å². The molecule has 1 aromatic heterocycles. The second kappa shape index (κ2) is 2.09. The molecule has 0 aromatic carbocycles. The van der Waals surface area contributed by atoms with E-state index in [1.165, 1.54) is 0 Å². The topological polar surface area (TPSA) is 46.0 Å². The van der Waals surface area contributed by atoms with Crippen LogP contribution in [-0.2, 0) is 6.42 Å². The maximum Gasteiger partial charge on any atom is 0.360 e. The van der Waals surface area contributed by atoms with Crippen LogP contribution in [0.2, 0.25) is 0 Å². The summed E-state index contributed by atoms with van der Waals surface area (Å²) in [6.07, 6.45) is 0.817. The number of aromatic nitrogens is 1. The maximum absolute atomic E-state index is 10.6. The highest BCUT2D eigenvalue weighted by atomic mass is 16.5. The van der Waals surface area contributed by atoms with Crippen molar-refractivity contribution in [3.63, 3.8) is 0 Å². The minimum atomic E-state index is -0.258. The van der Waals surface area contributed by atoms with Gasteiger partial charge in [-0.15, -0.1) is 0 Å². The maximum atomic E-state index is 10.6. The van der Waals surface area contributed by atoms with Gasteiger partial charge >= 0.3 is 5.63 Å². The zero-order chi connectivity index (χ0) is 6.85. The van der Waals surface area contributed by atoms with Gasteiger partial charge in [0.15, 0.2) is 0 Å². The number of H-pyrrole nitrogens is 1. The number of nitrogens with one attached hydrogen (secondary N) is 1. The molecular formula is C6H9NO2. The summed E-state index contributed by atoms with van der Waals surface area (Å²) >= 11 is 0. The van der Waals surface area contributed by atoms with Gasteiger partial charge in [0.1, 0.15) is 0 Å². The molecule has 9 heavy (non-hydrogen) atoms. The first kappa shape index (κ1) is 6.13. The Hall–Kier alpha value is -0.990. The van der Waals surface area contributed by atoms with E-state index >= 15 is 0 Å². The molecule has 50 valence electrons. The second-order valence-electron chi connectivity index (χ2n) is 1.95. The van der Waals surface area contributed by atoms with E-state index in [-0.39, 0.29) is 5.63 Å². The molecule has 0 saturated carbocycles. The highest BCUT2D eigenvalue weighted by molar-refractivity contribution is 5.11. The van der Waals surface area contributed by atoms with E-state index in [1.807, 2.05) is 6.92 Å². The van der Waals surface area contributed by atoms with Gasteiger partial charge in [0, 0.05) is 0 Å². The second-order valence-corrected chi connectivity index (χ2v) is 1.95. The molecule has 3 heteroatoms. The first-order valence-electron chi connectivity index (χ1n) is 2.92. The van der Waals surface area contributed by atoms with Crippen molar-refractivity contribution in [3.8, 4) is 0 Å². The van der Waals surface area contributed by atoms with Gasteiger partial charge in [0.2, 0.25) is 0 Å². The molecule has 0 aliphatic heterocycles. The highest BCUT2D eigenvalue weighted by Crippen LogP contribution is 1.97. The summed E-state index contributed by atoms with van der Waals surface area (Å²) in [5, 5.41) is 2.54. The van der Waals surface area contributed by atoms with Gasteiger partial charge in [-0.05, 0) is 13.3 Å². The van der Waals surface area contributed by atoms with Crippen LogP contribution in [-0.4, -0.2) is 5.16 Å². The van der Waals surface area contributed by atoms with Crippen molar-refractivity contribution in [2.75, 3.05) is 0 Å². The van der Waals surface area contributed by atoms with Crippen LogP contribution in [0, 0.1) is 6.92 Å². The first-order valence-corrected chi connectivity index (χ1v) is 2.92. The number of aromatic amines is 1. The van der Waals surface area contributed by atoms with Crippen molar-refractivity contribution in [1.82, 2.24) is 5.16 Å². The van der Waals surface area contributed by atoms with Gasteiger partial charge in [0.05, 0.1) is 11.3 Å². The lowest BCUT2D eigenvalue weighted by Crippen LogP contribution is -1.96. The van der Waals surface area contributed by atoms with Gasteiger partial charge in [0.25, 0.3) is 0 Å². The van der Waals surface area contributed by atoms with E-state index in [0.29, 0.717) is 5.56 Å². The molecule has 0 aliphatic carbocycles. The number of aryl methyl sites for hydroxylation is 1. The predicted molar refractivity (Wildman–Crippen MR) is 33.4 cm³/mol. The zero-order valence-corrected chi connectivity index (χ0v) is 5.52. The third-order valence-electron chi connectivity index (χ3n) is 1.38. The Morgan fingerprint density at radius 3 is 2.56 bits per heavy atom. The van der Waals surface area contributed by atoms with E-state index in [1.54, 1.807) is 6.92 Å². The number of rotatable bonds is 1. The molecule has 0 radical (unpaired) electrons. The lowest BCUT2D eigenvalue weighted by Gasteiger charge is -1.84. The van der Waals surface area contributed by atoms with Crippen LogP contribution in [0.5, 0.6) is 0 Å². The molecule has 0 bridgehead atoms. The predicted octanol–water partition coefficient (Wildman–Crippen LogP) is 0.839. The van der Waals surface area contributed by atoms with Gasteiger partial charge in [-0.3, -0.25) is 0 Å². The van der Waals surface area contributed by atoms with E-state index in [2.05, 4.69) is 9.68 Å². The minimum Gasteiger partial charge on any atom is -0.339 e. The molecule has 0 atom stereocenters. The zero-order valence-electron chi connectivity index (χ0n) is 5.52. The summed E-state index contributed by atoms with van der Waals surface area (Å²) in [5.41, 5.74) is 1.32. The molecule has 1 N–H and O–H groups in total. The van der Waals surface area contributed by atoms with E-state index in [0.717, 1.165) is 12.1 Å². The van der Waals surface area contributed by atoms with Crippen LogP contribution in [0.1, 0.15) is 18.2 Å². The fourth-order valence-electron chi connectivity index (χ4n) is 0.722. The Balaban J connectivity index is 3.20. The van der Waals surface area contributed by atoms with E-state index in [9.17, 15) is 4.79 Å². The molecule has 1 rings (SSSR count). The summed E-state index contributed by atoms with van der Waals surface area (Å²) in [4.78, 5) is 10.6. The summed E-state index contributed by atoms with van der Waals surface area (Å²) < 4.78 is 4.51. The number of hydrogen-bond acceptors (Lipinski definition) is 2. The monoisotopic (exact) mass is 127 g/mol. The van der Waals surface area contributed by atoms with Gasteiger partial charge in [-0.1, -0.05) is 6.92 Å². The van der Waals surface area contributed by atoms with Gasteiger partial charge in [-0.25, -0.2) is 9.95 Å². The van der Waals surface area contributed by atoms with Crippen LogP contribution in [0.15, 0.2) is 9.32 Å². The quantitative estimate of drug-likeness (QED) is 0.607. The van der Waals surface area contributed by atoms with Crippen molar-refractivity contribution >= 4 is 0 Å². The van der Waals surface area contributed by atoms with Crippen LogP contribution in [0.25, 0.3) is 0 Å². The summed E-state index contributed by atoms with van der Waals surface area (Å²) in [5.74, 6) is 0. The molecule has 0 unspecified atom stereocenters. The molecule has 0 spiro atoms. The average molecular weight is 127 g/mol. The normalized spacial score (nSPS) is 10.0. The van der Waals surface area contributed by atoms with Crippen molar-refractivity contribution < 1.29 is 4.52 Å². The fourth-order valence-corrected chi connectivity index (χ4v) is 0.722. The summed E-state index contributed by atoms with van der Waals surface area (Å²) in [7, 11) is 0. The molecule has 0 amide bonds. The van der Waals surface area contributed by atoms with Crippen molar-refractivity contribution in [2.24, 2.45) is 0 Å². The van der Waals surface area contributed by atoms with Crippen LogP contribution >= 0.6 is 0 Å². The standard InChI is InChI=1S/C6H9NO2/c1-3-5-4(2)6(8)9-7-5/h7H,3H2,1-2H3. The average Bonchev–Trinajstić information content (AvgIpc) is 2.15. The Kier molecular flexibility index (Phi) is 1.42. The highest BCUT2D eigenvalue weighted by Gasteiger charge is 2.02. The van der Waals surface area contributed by atoms with Gasteiger partial charge < -0.3 is 4.52 Å². The fraction of sp³-hybridized carbons (Fsp3) is 0.500. The Morgan fingerprint density at radius 1 is 1.67 bits per heavy atom. The minimum absolute atomic E-state index is 0.258. The van der Waals surface area contributed by atoms with Crippen molar-refractivity contribution in [3.05, 3.63) is 21.7 Å². The van der Waals surface area contributed by atoms with Crippen LogP contribution in [0.4, 0.5) is 0 Å². The number of hydrogen-bond donors (Lipinski definition) is 1. The van der Waals surface area contributed by atoms with E-state index in [4.69, 9.17) is 0 Å². The summed E-state index contributed by atoms with van der Waals surface area (Å²) in [6.45, 7) is 3.72. The van der Waals surface area contributed by atoms with Crippen LogP contribution in [0.3, 0.4) is 0 Å². The Bertz CT molecular complexity index is 246. The molecule has 1 aromatic rings. The Morgan fingerprint density at radius 2 is 2.33 bits per heavy atom. The van der Waals surface area contributed by atoms with E-state index < -0.39 is 0 Å². The molecule has 1 heterocycles. The molecule has 0 fully saturated rings. The molecular weight excluding hydrogens is 118 g/mol. The summed E-state index contributed by atoms with van der Waals surface area (Å²) in [6, 6.07) is 0. The largest absolute Gasteiger partial charge is 0.360 e. The van der Waals surface area contributed by atoms with Crippen LogP contribution < -0.4 is 5.63 Å². The molecule has 0 saturated heterocycles. The van der Waals surface area contributed by atoms with Gasteiger partial charge in [-0.2, -0.15) is 0 Å². The van der Waals surface area contributed by atoms with Crippen molar-refractivity contribution in [1.29, 1.82) is 0 Å².